The van der Waals surface area contributed by atoms with Crippen molar-refractivity contribution in [3.8, 4) is 28.0 Å². The van der Waals surface area contributed by atoms with Crippen molar-refractivity contribution in [3.63, 3.8) is 0 Å². The van der Waals surface area contributed by atoms with E-state index in [9.17, 15) is 4.79 Å². The number of hydrogen-bond donors (Lipinski definition) is 1. The van der Waals surface area contributed by atoms with Crippen LogP contribution in [0.3, 0.4) is 0 Å². The number of nitrogens with zero attached hydrogens (tertiary/aromatic N) is 2. The van der Waals surface area contributed by atoms with E-state index >= 15 is 0 Å². The predicted molar refractivity (Wildman–Crippen MR) is 104 cm³/mol. The number of aromatic nitrogens is 2. The molecule has 1 aliphatic rings. The molecule has 1 aliphatic carbocycles. The molecule has 0 aliphatic heterocycles. The van der Waals surface area contributed by atoms with Crippen LogP contribution in [-0.2, 0) is 0 Å². The minimum atomic E-state index is -0.319. The summed E-state index contributed by atoms with van der Waals surface area (Å²) in [5.41, 5.74) is 0.977. The Morgan fingerprint density at radius 3 is 2.46 bits per heavy atom. The third kappa shape index (κ3) is 3.40. The third-order valence-corrected chi connectivity index (χ3v) is 5.30. The van der Waals surface area contributed by atoms with Gasteiger partial charge in [0.05, 0.1) is 27.0 Å². The van der Waals surface area contributed by atoms with Crippen LogP contribution in [0.15, 0.2) is 28.0 Å². The van der Waals surface area contributed by atoms with Gasteiger partial charge < -0.3 is 23.9 Å². The molecule has 146 valence electrons. The van der Waals surface area contributed by atoms with E-state index in [1.165, 1.54) is 32.7 Å². The van der Waals surface area contributed by atoms with Crippen molar-refractivity contribution in [1.82, 2.24) is 10.2 Å². The third-order valence-electron chi connectivity index (χ3n) is 4.40. The van der Waals surface area contributed by atoms with Gasteiger partial charge in [0.25, 0.3) is 11.8 Å². The molecule has 8 nitrogen and oxygen atoms in total. The van der Waals surface area contributed by atoms with E-state index in [1.807, 2.05) is 5.38 Å². The van der Waals surface area contributed by atoms with Gasteiger partial charge in [-0.05, 0) is 36.4 Å². The first-order chi connectivity index (χ1) is 13.6. The second kappa shape index (κ2) is 7.51. The quantitative estimate of drug-likeness (QED) is 0.640. The van der Waals surface area contributed by atoms with Gasteiger partial charge >= 0.3 is 0 Å². The van der Waals surface area contributed by atoms with Gasteiger partial charge in [-0.3, -0.25) is 4.79 Å². The zero-order chi connectivity index (χ0) is 19.7. The van der Waals surface area contributed by atoms with Gasteiger partial charge in [0.2, 0.25) is 11.6 Å². The monoisotopic (exact) mass is 401 g/mol. The van der Waals surface area contributed by atoms with Gasteiger partial charge in [0, 0.05) is 11.5 Å². The molecule has 1 saturated carbocycles. The molecule has 4 rings (SSSR count). The number of nitrogens with one attached hydrogen (secondary N) is 1. The molecule has 1 amide bonds. The molecule has 3 aromatic rings. The number of amides is 1. The Balaban J connectivity index is 1.60. The zero-order valence-corrected chi connectivity index (χ0v) is 16.5. The first-order valence-corrected chi connectivity index (χ1v) is 9.55. The maximum Gasteiger partial charge on any atom is 0.259 e. The number of ether oxygens (including phenoxy) is 3. The van der Waals surface area contributed by atoms with Crippen LogP contribution >= 0.6 is 11.3 Å². The highest BCUT2D eigenvalue weighted by Crippen LogP contribution is 2.42. The van der Waals surface area contributed by atoms with Gasteiger partial charge in [-0.25, -0.2) is 0 Å². The predicted octanol–water partition coefficient (Wildman–Crippen LogP) is 3.95. The molecule has 2 heterocycles. The maximum atomic E-state index is 12.8. The SMILES string of the molecule is COc1cc(C(=O)Nc2ccsc2-c2nnc(C3CC3)o2)cc(OC)c1OC. The van der Waals surface area contributed by atoms with Crippen LogP contribution in [0.1, 0.15) is 35.0 Å². The van der Waals surface area contributed by atoms with Crippen molar-refractivity contribution < 1.29 is 23.4 Å². The van der Waals surface area contributed by atoms with Crippen molar-refractivity contribution in [2.75, 3.05) is 26.6 Å². The number of hydrogen-bond acceptors (Lipinski definition) is 8. The number of benzene rings is 1. The lowest BCUT2D eigenvalue weighted by molar-refractivity contribution is 0.102. The lowest BCUT2D eigenvalue weighted by atomic mass is 10.1. The second-order valence-corrected chi connectivity index (χ2v) is 7.17. The van der Waals surface area contributed by atoms with E-state index < -0.39 is 0 Å². The van der Waals surface area contributed by atoms with E-state index in [2.05, 4.69) is 15.5 Å². The number of thiophene rings is 1. The van der Waals surface area contributed by atoms with E-state index in [-0.39, 0.29) is 5.91 Å². The average Bonchev–Trinajstić information content (AvgIpc) is 3.27. The fourth-order valence-corrected chi connectivity index (χ4v) is 3.57. The van der Waals surface area contributed by atoms with Gasteiger partial charge in [-0.1, -0.05) is 0 Å². The lowest BCUT2D eigenvalue weighted by Gasteiger charge is -2.14. The average molecular weight is 401 g/mol. The van der Waals surface area contributed by atoms with Gasteiger partial charge in [-0.2, -0.15) is 0 Å². The minimum absolute atomic E-state index is 0.319. The number of rotatable bonds is 7. The Morgan fingerprint density at radius 1 is 1.14 bits per heavy atom. The number of carbonyl (C=O) groups is 1. The summed E-state index contributed by atoms with van der Waals surface area (Å²) < 4.78 is 21.7. The van der Waals surface area contributed by atoms with Crippen molar-refractivity contribution in [2.45, 2.75) is 18.8 Å². The van der Waals surface area contributed by atoms with Gasteiger partial charge in [0.1, 0.15) is 4.88 Å². The highest BCUT2D eigenvalue weighted by molar-refractivity contribution is 7.14. The number of methoxy groups -OCH3 is 3. The summed E-state index contributed by atoms with van der Waals surface area (Å²) in [5, 5.41) is 13.0. The second-order valence-electron chi connectivity index (χ2n) is 6.25. The smallest absolute Gasteiger partial charge is 0.259 e. The Kier molecular flexibility index (Phi) is 4.91. The summed E-state index contributed by atoms with van der Waals surface area (Å²) >= 11 is 1.43. The van der Waals surface area contributed by atoms with Crippen LogP contribution in [0.4, 0.5) is 5.69 Å². The number of anilines is 1. The van der Waals surface area contributed by atoms with E-state index in [0.29, 0.717) is 46.2 Å². The fourth-order valence-electron chi connectivity index (χ4n) is 2.80. The highest BCUT2D eigenvalue weighted by atomic mass is 32.1. The van der Waals surface area contributed by atoms with Crippen LogP contribution in [0.5, 0.6) is 17.2 Å². The molecular formula is C19H19N3O5S. The Bertz CT molecular complexity index is 984. The first kappa shape index (κ1) is 18.3. The van der Waals surface area contributed by atoms with Crippen LogP contribution in [-0.4, -0.2) is 37.4 Å². The lowest BCUT2D eigenvalue weighted by Crippen LogP contribution is -2.12. The normalized spacial score (nSPS) is 13.2. The standard InChI is InChI=1S/C19H19N3O5S/c1-24-13-8-11(9-14(25-2)15(13)26-3)17(23)20-12-6-7-28-16(12)19-22-21-18(27-19)10-4-5-10/h6-10H,4-5H2,1-3H3,(H,20,23). The van der Waals surface area contributed by atoms with Crippen LogP contribution in [0.25, 0.3) is 10.8 Å². The molecule has 1 aromatic carbocycles. The summed E-state index contributed by atoms with van der Waals surface area (Å²) in [6.45, 7) is 0. The molecule has 0 atom stereocenters. The molecule has 0 unspecified atom stereocenters. The molecule has 1 N–H and O–H groups in total. The Morgan fingerprint density at radius 2 is 1.86 bits per heavy atom. The summed E-state index contributed by atoms with van der Waals surface area (Å²) in [6.07, 6.45) is 2.16. The van der Waals surface area contributed by atoms with Crippen molar-refractivity contribution in [3.05, 3.63) is 35.0 Å². The number of carbonyl (C=O) groups excluding carboxylic acids is 1. The Labute approximate surface area is 165 Å². The summed E-state index contributed by atoms with van der Waals surface area (Å²) in [7, 11) is 4.52. The summed E-state index contributed by atoms with van der Waals surface area (Å²) in [5.74, 6) is 2.37. The summed E-state index contributed by atoms with van der Waals surface area (Å²) in [6, 6.07) is 5.00. The van der Waals surface area contributed by atoms with Gasteiger partial charge in [0.15, 0.2) is 11.5 Å². The maximum absolute atomic E-state index is 12.8. The minimum Gasteiger partial charge on any atom is -0.493 e. The van der Waals surface area contributed by atoms with E-state index in [0.717, 1.165) is 17.7 Å². The van der Waals surface area contributed by atoms with Crippen molar-refractivity contribution >= 4 is 22.9 Å². The van der Waals surface area contributed by atoms with Gasteiger partial charge in [-0.15, -0.1) is 21.5 Å². The molecule has 1 fully saturated rings. The zero-order valence-electron chi connectivity index (χ0n) is 15.6. The molecule has 0 saturated heterocycles. The van der Waals surface area contributed by atoms with Crippen molar-refractivity contribution in [1.29, 1.82) is 0 Å². The molecule has 0 radical (unpaired) electrons. The van der Waals surface area contributed by atoms with Crippen molar-refractivity contribution in [2.24, 2.45) is 0 Å². The molecule has 2 aromatic heterocycles. The van der Waals surface area contributed by atoms with Crippen LogP contribution in [0, 0.1) is 0 Å². The largest absolute Gasteiger partial charge is 0.493 e. The fraction of sp³-hybridized carbons (Fsp3) is 0.316. The molecule has 0 bridgehead atoms. The Hall–Kier alpha value is -3.07. The topological polar surface area (TPSA) is 95.7 Å². The molecule has 9 heteroatoms. The van der Waals surface area contributed by atoms with Crippen LogP contribution in [0.2, 0.25) is 0 Å². The van der Waals surface area contributed by atoms with Crippen LogP contribution < -0.4 is 19.5 Å². The highest BCUT2D eigenvalue weighted by Gasteiger charge is 2.30. The first-order valence-electron chi connectivity index (χ1n) is 8.67. The molecular weight excluding hydrogens is 382 g/mol. The summed E-state index contributed by atoms with van der Waals surface area (Å²) in [4.78, 5) is 13.6. The van der Waals surface area contributed by atoms with E-state index in [4.69, 9.17) is 18.6 Å². The van der Waals surface area contributed by atoms with E-state index in [1.54, 1.807) is 18.2 Å². The molecule has 0 spiro atoms. The molecule has 28 heavy (non-hydrogen) atoms.